The number of rotatable bonds is 5. The maximum Gasteiger partial charge on any atom is 0.338 e. The summed E-state index contributed by atoms with van der Waals surface area (Å²) in [7, 11) is 0. The van der Waals surface area contributed by atoms with E-state index in [1.54, 1.807) is 0 Å². The number of hydrogen-bond acceptors (Lipinski definition) is 2. The summed E-state index contributed by atoms with van der Waals surface area (Å²) in [5, 5.41) is 11.6. The molecule has 20 heavy (non-hydrogen) atoms. The van der Waals surface area contributed by atoms with E-state index in [0.717, 1.165) is 18.2 Å². The van der Waals surface area contributed by atoms with E-state index in [-0.39, 0.29) is 5.69 Å². The van der Waals surface area contributed by atoms with Crippen molar-refractivity contribution in [1.82, 2.24) is 4.57 Å². The molecule has 0 bridgehead atoms. The van der Waals surface area contributed by atoms with E-state index in [1.807, 2.05) is 30.0 Å². The third kappa shape index (κ3) is 2.96. The van der Waals surface area contributed by atoms with Gasteiger partial charge in [-0.15, -0.1) is 0 Å². The van der Waals surface area contributed by atoms with Crippen molar-refractivity contribution >= 4 is 11.7 Å². The van der Waals surface area contributed by atoms with Crippen molar-refractivity contribution in [1.29, 1.82) is 0 Å². The quantitative estimate of drug-likeness (QED) is 0.885. The van der Waals surface area contributed by atoms with Gasteiger partial charge in [0, 0.05) is 31.5 Å². The van der Waals surface area contributed by atoms with Gasteiger partial charge in [-0.05, 0) is 24.6 Å². The number of anilines is 1. The van der Waals surface area contributed by atoms with Crippen LogP contribution in [0.1, 0.15) is 22.8 Å². The molecule has 106 valence electrons. The number of nitrogens with one attached hydrogen (secondary N) is 1. The first-order chi connectivity index (χ1) is 9.51. The Morgan fingerprint density at radius 1 is 1.35 bits per heavy atom. The molecule has 1 heterocycles. The van der Waals surface area contributed by atoms with Crippen LogP contribution in [0.4, 0.5) is 14.5 Å². The van der Waals surface area contributed by atoms with Crippen LogP contribution in [0.2, 0.25) is 0 Å². The van der Waals surface area contributed by atoms with Gasteiger partial charge in [-0.1, -0.05) is 0 Å². The Labute approximate surface area is 114 Å². The largest absolute Gasteiger partial charge is 0.478 e. The highest BCUT2D eigenvalue weighted by molar-refractivity contribution is 5.89. The van der Waals surface area contributed by atoms with Gasteiger partial charge in [0.2, 0.25) is 0 Å². The monoisotopic (exact) mass is 280 g/mol. The lowest BCUT2D eigenvalue weighted by molar-refractivity contribution is 0.0692. The Morgan fingerprint density at radius 3 is 2.70 bits per heavy atom. The van der Waals surface area contributed by atoms with Gasteiger partial charge in [-0.25, -0.2) is 13.6 Å². The van der Waals surface area contributed by atoms with E-state index < -0.39 is 23.2 Å². The first kappa shape index (κ1) is 14.0. The van der Waals surface area contributed by atoms with Crippen molar-refractivity contribution in [2.75, 3.05) is 5.32 Å². The van der Waals surface area contributed by atoms with Gasteiger partial charge in [0.1, 0.15) is 11.6 Å². The normalized spacial score (nSPS) is 10.6. The summed E-state index contributed by atoms with van der Waals surface area (Å²) in [6.45, 7) is 3.15. The first-order valence-electron chi connectivity index (χ1n) is 6.12. The predicted octanol–water partition coefficient (Wildman–Crippen LogP) is 3.10. The Bertz CT molecular complexity index is 638. The molecule has 1 aromatic carbocycles. The van der Waals surface area contributed by atoms with Crippen LogP contribution in [-0.4, -0.2) is 15.6 Å². The molecule has 0 saturated heterocycles. The molecule has 6 heteroatoms. The molecule has 0 aliphatic carbocycles. The lowest BCUT2D eigenvalue weighted by Crippen LogP contribution is -2.06. The fourth-order valence-electron chi connectivity index (χ4n) is 1.84. The van der Waals surface area contributed by atoms with Crippen LogP contribution in [-0.2, 0) is 13.1 Å². The number of hydrogen-bond donors (Lipinski definition) is 2. The SMILES string of the molecule is CCn1ccc(CNc2cc(C(=O)O)c(F)cc2F)c1. The highest BCUT2D eigenvalue weighted by Gasteiger charge is 2.15. The number of carboxylic acids is 1. The molecule has 2 aromatic rings. The van der Waals surface area contributed by atoms with Crippen LogP contribution in [0, 0.1) is 11.6 Å². The van der Waals surface area contributed by atoms with Gasteiger partial charge in [0.15, 0.2) is 0 Å². The third-order valence-electron chi connectivity index (χ3n) is 2.95. The number of carboxylic acid groups (broad SMARTS) is 1. The topological polar surface area (TPSA) is 54.3 Å². The molecular weight excluding hydrogens is 266 g/mol. The zero-order chi connectivity index (χ0) is 14.7. The van der Waals surface area contributed by atoms with E-state index in [0.29, 0.717) is 12.6 Å². The van der Waals surface area contributed by atoms with Crippen LogP contribution in [0.3, 0.4) is 0 Å². The molecule has 0 aliphatic heterocycles. The molecule has 0 amide bonds. The molecule has 2 rings (SSSR count). The van der Waals surface area contributed by atoms with Crippen molar-refractivity contribution in [2.45, 2.75) is 20.0 Å². The number of aromatic nitrogens is 1. The van der Waals surface area contributed by atoms with Gasteiger partial charge in [0.25, 0.3) is 0 Å². The highest BCUT2D eigenvalue weighted by atomic mass is 19.1. The third-order valence-corrected chi connectivity index (χ3v) is 2.95. The standard InChI is InChI=1S/C14H14F2N2O2/c1-2-18-4-3-9(8-18)7-17-13-5-10(14(19)20)11(15)6-12(13)16/h3-6,8,17H,2,7H2,1H3,(H,19,20). The maximum atomic E-state index is 13.6. The zero-order valence-corrected chi connectivity index (χ0v) is 10.9. The van der Waals surface area contributed by atoms with Crippen LogP contribution in [0.25, 0.3) is 0 Å². The molecule has 1 aromatic heterocycles. The highest BCUT2D eigenvalue weighted by Crippen LogP contribution is 2.20. The smallest absolute Gasteiger partial charge is 0.338 e. The van der Waals surface area contributed by atoms with Gasteiger partial charge in [0.05, 0.1) is 11.3 Å². The van der Waals surface area contributed by atoms with Gasteiger partial charge >= 0.3 is 5.97 Å². The minimum absolute atomic E-state index is 0.0342. The number of aromatic carboxylic acids is 1. The molecule has 0 fully saturated rings. The lowest BCUT2D eigenvalue weighted by Gasteiger charge is -2.08. The summed E-state index contributed by atoms with van der Waals surface area (Å²) in [5.74, 6) is -3.33. The molecule has 0 spiro atoms. The summed E-state index contributed by atoms with van der Waals surface area (Å²) < 4.78 is 28.8. The van der Waals surface area contributed by atoms with Crippen molar-refractivity contribution < 1.29 is 18.7 Å². The van der Waals surface area contributed by atoms with Crippen molar-refractivity contribution in [3.8, 4) is 0 Å². The van der Waals surface area contributed by atoms with E-state index in [1.165, 1.54) is 0 Å². The Balaban J connectivity index is 2.16. The van der Waals surface area contributed by atoms with Crippen molar-refractivity contribution in [2.24, 2.45) is 0 Å². The Kier molecular flexibility index (Phi) is 4.02. The molecule has 2 N–H and O–H groups in total. The maximum absolute atomic E-state index is 13.6. The zero-order valence-electron chi connectivity index (χ0n) is 10.9. The van der Waals surface area contributed by atoms with Crippen LogP contribution in [0.5, 0.6) is 0 Å². The van der Waals surface area contributed by atoms with Gasteiger partial charge in [-0.3, -0.25) is 0 Å². The number of carbonyl (C=O) groups is 1. The van der Waals surface area contributed by atoms with Crippen molar-refractivity contribution in [3.63, 3.8) is 0 Å². The molecule has 0 atom stereocenters. The number of halogens is 2. The summed E-state index contributed by atoms with van der Waals surface area (Å²) in [6, 6.07) is 3.41. The second kappa shape index (κ2) is 5.73. The average molecular weight is 280 g/mol. The minimum Gasteiger partial charge on any atom is -0.478 e. The number of aryl methyl sites for hydroxylation is 1. The summed E-state index contributed by atoms with van der Waals surface area (Å²) in [4.78, 5) is 10.8. The van der Waals surface area contributed by atoms with E-state index in [2.05, 4.69) is 5.32 Å². The predicted molar refractivity (Wildman–Crippen MR) is 70.8 cm³/mol. The Hall–Kier alpha value is -2.37. The van der Waals surface area contributed by atoms with Crippen LogP contribution >= 0.6 is 0 Å². The van der Waals surface area contributed by atoms with Gasteiger partial charge in [-0.2, -0.15) is 0 Å². The van der Waals surface area contributed by atoms with Crippen LogP contribution < -0.4 is 5.32 Å². The number of benzene rings is 1. The first-order valence-corrected chi connectivity index (χ1v) is 6.12. The summed E-state index contributed by atoms with van der Waals surface area (Å²) in [6.07, 6.45) is 3.78. The van der Waals surface area contributed by atoms with Crippen LogP contribution in [0.15, 0.2) is 30.6 Å². The van der Waals surface area contributed by atoms with E-state index in [9.17, 15) is 13.6 Å². The minimum atomic E-state index is -1.43. The lowest BCUT2D eigenvalue weighted by atomic mass is 10.1. The molecule has 0 aliphatic rings. The fourth-order valence-corrected chi connectivity index (χ4v) is 1.84. The summed E-state index contributed by atoms with van der Waals surface area (Å²) >= 11 is 0. The van der Waals surface area contributed by atoms with Gasteiger partial charge < -0.3 is 15.0 Å². The second-order valence-corrected chi connectivity index (χ2v) is 4.32. The molecule has 4 nitrogen and oxygen atoms in total. The fraction of sp³-hybridized carbons (Fsp3) is 0.214. The Morgan fingerprint density at radius 2 is 2.10 bits per heavy atom. The number of nitrogens with zero attached hydrogens (tertiary/aromatic N) is 1. The molecule has 0 radical (unpaired) electrons. The molecule has 0 saturated carbocycles. The average Bonchev–Trinajstić information content (AvgIpc) is 2.85. The second-order valence-electron chi connectivity index (χ2n) is 4.32. The molecular formula is C14H14F2N2O2. The van der Waals surface area contributed by atoms with Crippen molar-refractivity contribution in [3.05, 3.63) is 53.4 Å². The molecule has 0 unspecified atom stereocenters. The summed E-state index contributed by atoms with van der Waals surface area (Å²) in [5.41, 5.74) is 0.334. The van der Waals surface area contributed by atoms with E-state index in [4.69, 9.17) is 5.11 Å². The van der Waals surface area contributed by atoms with E-state index >= 15 is 0 Å².